The summed E-state index contributed by atoms with van der Waals surface area (Å²) in [6.07, 6.45) is 0.616. The summed E-state index contributed by atoms with van der Waals surface area (Å²) in [4.78, 5) is 28.6. The van der Waals surface area contributed by atoms with Gasteiger partial charge in [-0.15, -0.1) is 0 Å². The average Bonchev–Trinajstić information content (AvgIpc) is 2.42. The molecule has 0 heterocycles. The maximum Gasteiger partial charge on any atom is 0.329 e. The van der Waals surface area contributed by atoms with Gasteiger partial charge in [0.05, 0.1) is 5.41 Å². The van der Waals surface area contributed by atoms with Crippen LogP contribution in [-0.4, -0.2) is 18.3 Å². The molecule has 0 spiro atoms. The summed E-state index contributed by atoms with van der Waals surface area (Å²) < 4.78 is 0. The van der Waals surface area contributed by atoms with Crippen LogP contribution in [0.4, 0.5) is 0 Å². The van der Waals surface area contributed by atoms with Crippen LogP contribution in [-0.2, 0) is 9.63 Å². The molecule has 0 saturated heterocycles. The van der Waals surface area contributed by atoms with Crippen molar-refractivity contribution < 1.29 is 14.4 Å². The summed E-state index contributed by atoms with van der Waals surface area (Å²) in [6.45, 7) is 7.71. The molecule has 0 aliphatic rings. The zero-order valence-electron chi connectivity index (χ0n) is 12.6. The molecule has 1 rings (SSSR count). The number of Topliss-reactive ketones (excluding diaryl/α,β-unsaturated/α-hetero) is 1. The molecule has 20 heavy (non-hydrogen) atoms. The van der Waals surface area contributed by atoms with E-state index in [0.29, 0.717) is 18.5 Å². The van der Waals surface area contributed by atoms with Crippen LogP contribution in [0.5, 0.6) is 0 Å². The van der Waals surface area contributed by atoms with Gasteiger partial charge in [0.1, 0.15) is 0 Å². The molecule has 1 unspecified atom stereocenters. The van der Waals surface area contributed by atoms with Crippen molar-refractivity contribution in [2.45, 2.75) is 34.1 Å². The molecule has 4 nitrogen and oxygen atoms in total. The molecule has 0 amide bonds. The van der Waals surface area contributed by atoms with Crippen molar-refractivity contribution in [1.29, 1.82) is 0 Å². The zero-order valence-corrected chi connectivity index (χ0v) is 12.6. The molecule has 1 aromatic rings. The van der Waals surface area contributed by atoms with Crippen LogP contribution in [0.15, 0.2) is 30.3 Å². The highest BCUT2D eigenvalue weighted by molar-refractivity contribution is 5.97. The van der Waals surface area contributed by atoms with Gasteiger partial charge in [-0.25, -0.2) is 4.79 Å². The molecule has 1 atom stereocenters. The van der Waals surface area contributed by atoms with E-state index in [9.17, 15) is 9.59 Å². The molecule has 0 saturated carbocycles. The van der Waals surface area contributed by atoms with Crippen LogP contribution in [0, 0.1) is 11.3 Å². The van der Waals surface area contributed by atoms with Crippen molar-refractivity contribution in [3.63, 3.8) is 0 Å². The van der Waals surface area contributed by atoms with Gasteiger partial charge in [0.15, 0.2) is 5.78 Å². The summed E-state index contributed by atoms with van der Waals surface area (Å²) in [5, 5.41) is 0. The van der Waals surface area contributed by atoms with E-state index in [1.807, 2.05) is 37.3 Å². The second-order valence-electron chi connectivity index (χ2n) is 5.95. The maximum atomic E-state index is 12.1. The van der Waals surface area contributed by atoms with E-state index < -0.39 is 5.41 Å². The first-order chi connectivity index (χ1) is 9.32. The van der Waals surface area contributed by atoms with Crippen LogP contribution in [0.3, 0.4) is 0 Å². The number of carbonyl (C=O) groups excluding carboxylic acids is 2. The van der Waals surface area contributed by atoms with Gasteiger partial charge < -0.3 is 4.84 Å². The first-order valence-corrected chi connectivity index (χ1v) is 6.86. The van der Waals surface area contributed by atoms with E-state index in [1.165, 1.54) is 0 Å². The molecule has 0 aliphatic heterocycles. The minimum Gasteiger partial charge on any atom is -0.370 e. The highest BCUT2D eigenvalue weighted by atomic mass is 16.7. The van der Waals surface area contributed by atoms with Crippen molar-refractivity contribution in [1.82, 2.24) is 5.48 Å². The quantitative estimate of drug-likeness (QED) is 0.493. The Morgan fingerprint density at radius 1 is 1.20 bits per heavy atom. The van der Waals surface area contributed by atoms with E-state index >= 15 is 0 Å². The zero-order chi connectivity index (χ0) is 15.2. The number of ketones is 1. The average molecular weight is 277 g/mol. The van der Waals surface area contributed by atoms with Gasteiger partial charge in [0, 0.05) is 18.0 Å². The Kier molecular flexibility index (Phi) is 5.89. The number of rotatable bonds is 6. The number of benzene rings is 1. The van der Waals surface area contributed by atoms with Crippen LogP contribution in [0.25, 0.3) is 0 Å². The predicted octanol–water partition coefficient (Wildman–Crippen LogP) is 2.99. The number of carbonyl (C=O) groups is 2. The van der Waals surface area contributed by atoms with Crippen molar-refractivity contribution in [2.75, 3.05) is 6.54 Å². The van der Waals surface area contributed by atoms with E-state index in [4.69, 9.17) is 4.84 Å². The van der Waals surface area contributed by atoms with Gasteiger partial charge in [-0.3, -0.25) is 4.79 Å². The van der Waals surface area contributed by atoms with E-state index in [0.717, 1.165) is 0 Å². The molecule has 0 fully saturated rings. The van der Waals surface area contributed by atoms with E-state index in [1.54, 1.807) is 20.8 Å². The SMILES string of the molecule is CC(CCNOC(=O)C(C)(C)C)C(=O)c1ccccc1. The lowest BCUT2D eigenvalue weighted by atomic mass is 9.96. The predicted molar refractivity (Wildman–Crippen MR) is 78.1 cm³/mol. The Morgan fingerprint density at radius 3 is 2.35 bits per heavy atom. The van der Waals surface area contributed by atoms with Gasteiger partial charge >= 0.3 is 5.97 Å². The molecule has 0 aromatic heterocycles. The normalized spacial score (nSPS) is 12.8. The lowest BCUT2D eigenvalue weighted by Crippen LogP contribution is -2.31. The molecule has 0 bridgehead atoms. The first-order valence-electron chi connectivity index (χ1n) is 6.86. The Labute approximate surface area is 120 Å². The number of hydrogen-bond donors (Lipinski definition) is 1. The number of nitrogens with one attached hydrogen (secondary N) is 1. The third-order valence-electron chi connectivity index (χ3n) is 2.96. The second kappa shape index (κ2) is 7.20. The number of hydroxylamine groups is 1. The van der Waals surface area contributed by atoms with Crippen molar-refractivity contribution in [3.05, 3.63) is 35.9 Å². The molecule has 0 aliphatic carbocycles. The third-order valence-corrected chi connectivity index (χ3v) is 2.96. The van der Waals surface area contributed by atoms with Crippen molar-refractivity contribution in [3.8, 4) is 0 Å². The fraction of sp³-hybridized carbons (Fsp3) is 0.500. The standard InChI is InChI=1S/C16H23NO3/c1-12(14(18)13-8-6-5-7-9-13)10-11-17-20-15(19)16(2,3)4/h5-9,12,17H,10-11H2,1-4H3. The van der Waals surface area contributed by atoms with E-state index in [-0.39, 0.29) is 17.7 Å². The second-order valence-corrected chi connectivity index (χ2v) is 5.95. The molecule has 110 valence electrons. The summed E-state index contributed by atoms with van der Waals surface area (Å²) in [6, 6.07) is 9.21. The van der Waals surface area contributed by atoms with Crippen LogP contribution in [0.2, 0.25) is 0 Å². The number of hydrogen-bond acceptors (Lipinski definition) is 4. The van der Waals surface area contributed by atoms with Crippen LogP contribution in [0.1, 0.15) is 44.5 Å². The highest BCUT2D eigenvalue weighted by Crippen LogP contribution is 2.14. The van der Waals surface area contributed by atoms with Crippen LogP contribution >= 0.6 is 0 Å². The Bertz CT molecular complexity index is 449. The minimum absolute atomic E-state index is 0.106. The highest BCUT2D eigenvalue weighted by Gasteiger charge is 2.23. The molecule has 4 heteroatoms. The van der Waals surface area contributed by atoms with Crippen LogP contribution < -0.4 is 5.48 Å². The molecule has 1 aromatic carbocycles. The Balaban J connectivity index is 2.32. The van der Waals surface area contributed by atoms with Crippen molar-refractivity contribution >= 4 is 11.8 Å². The third kappa shape index (κ3) is 5.13. The Morgan fingerprint density at radius 2 is 1.80 bits per heavy atom. The lowest BCUT2D eigenvalue weighted by Gasteiger charge is -2.17. The van der Waals surface area contributed by atoms with Gasteiger partial charge in [-0.05, 0) is 27.2 Å². The first kappa shape index (κ1) is 16.4. The fourth-order valence-corrected chi connectivity index (χ4v) is 1.56. The molecule has 1 N–H and O–H groups in total. The van der Waals surface area contributed by atoms with Crippen molar-refractivity contribution in [2.24, 2.45) is 11.3 Å². The summed E-state index contributed by atoms with van der Waals surface area (Å²) in [5.41, 5.74) is 2.81. The molecular formula is C16H23NO3. The summed E-state index contributed by atoms with van der Waals surface area (Å²) in [5.74, 6) is -0.313. The molecule has 0 radical (unpaired) electrons. The van der Waals surface area contributed by atoms with Gasteiger partial charge in [-0.2, -0.15) is 5.48 Å². The fourth-order valence-electron chi connectivity index (χ4n) is 1.56. The van der Waals surface area contributed by atoms with E-state index in [2.05, 4.69) is 5.48 Å². The summed E-state index contributed by atoms with van der Waals surface area (Å²) in [7, 11) is 0. The Hall–Kier alpha value is -1.68. The van der Waals surface area contributed by atoms with Gasteiger partial charge in [-0.1, -0.05) is 37.3 Å². The summed E-state index contributed by atoms with van der Waals surface area (Å²) >= 11 is 0. The lowest BCUT2D eigenvalue weighted by molar-refractivity contribution is -0.160. The van der Waals surface area contributed by atoms with Gasteiger partial charge in [0.2, 0.25) is 0 Å². The monoisotopic (exact) mass is 277 g/mol. The maximum absolute atomic E-state index is 12.1. The largest absolute Gasteiger partial charge is 0.370 e. The smallest absolute Gasteiger partial charge is 0.329 e. The minimum atomic E-state index is -0.529. The topological polar surface area (TPSA) is 55.4 Å². The van der Waals surface area contributed by atoms with Gasteiger partial charge in [0.25, 0.3) is 0 Å². The molecular weight excluding hydrogens is 254 g/mol.